The average Bonchev–Trinajstić information content (AvgIpc) is 2.78. The second kappa shape index (κ2) is 11.9. The summed E-state index contributed by atoms with van der Waals surface area (Å²) in [6.45, 7) is 6.34. The topological polar surface area (TPSA) is 109 Å². The van der Waals surface area contributed by atoms with Crippen molar-refractivity contribution in [2.75, 3.05) is 18.2 Å². The van der Waals surface area contributed by atoms with Crippen LogP contribution in [0.15, 0.2) is 36.4 Å². The molecule has 0 spiro atoms. The minimum Gasteiger partial charge on any atom is -0.497 e. The SMILES string of the molecule is COc1cccc(CNC(=O)CC2CC(=O)NC(SCC(=O)Nc3c(C)cc(C)cc3C)N2)c1. The molecule has 2 unspecified atom stereocenters. The normalized spacial score (nSPS) is 17.6. The quantitative estimate of drug-likeness (QED) is 0.436. The van der Waals surface area contributed by atoms with Gasteiger partial charge in [0.15, 0.2) is 0 Å². The maximum Gasteiger partial charge on any atom is 0.234 e. The third kappa shape index (κ3) is 7.50. The van der Waals surface area contributed by atoms with Gasteiger partial charge in [-0.25, -0.2) is 0 Å². The summed E-state index contributed by atoms with van der Waals surface area (Å²) in [7, 11) is 1.60. The van der Waals surface area contributed by atoms with E-state index in [2.05, 4.69) is 21.3 Å². The number of ether oxygens (including phenoxy) is 1. The molecule has 1 heterocycles. The Morgan fingerprint density at radius 2 is 1.85 bits per heavy atom. The Bertz CT molecular complexity index is 1040. The van der Waals surface area contributed by atoms with E-state index in [9.17, 15) is 14.4 Å². The highest BCUT2D eigenvalue weighted by molar-refractivity contribution is 8.00. The van der Waals surface area contributed by atoms with Crippen molar-refractivity contribution >= 4 is 35.2 Å². The van der Waals surface area contributed by atoms with Gasteiger partial charge in [0.2, 0.25) is 17.7 Å². The molecule has 0 aliphatic carbocycles. The zero-order valence-corrected chi connectivity index (χ0v) is 20.8. The molecule has 1 aliphatic rings. The second-order valence-electron chi connectivity index (χ2n) is 8.48. The van der Waals surface area contributed by atoms with Crippen LogP contribution in [0.25, 0.3) is 0 Å². The van der Waals surface area contributed by atoms with Gasteiger partial charge in [-0.15, -0.1) is 11.8 Å². The maximum atomic E-state index is 12.5. The van der Waals surface area contributed by atoms with E-state index in [1.54, 1.807) is 7.11 Å². The first-order valence-corrected chi connectivity index (χ1v) is 12.2. The molecule has 4 N–H and O–H groups in total. The van der Waals surface area contributed by atoms with Gasteiger partial charge in [-0.2, -0.15) is 0 Å². The number of carbonyl (C=O) groups is 3. The molecule has 1 aliphatic heterocycles. The standard InChI is InChI=1S/C25H32N4O4S/c1-15-8-16(2)24(17(3)9-15)28-23(32)14-34-25-27-19(12-22(31)29-25)11-21(30)26-13-18-6-5-7-20(10-18)33-4/h5-10,19,25,27H,11-14H2,1-4H3,(H,26,30)(H,28,32)(H,29,31). The second-order valence-corrected chi connectivity index (χ2v) is 9.57. The Labute approximate surface area is 204 Å². The van der Waals surface area contributed by atoms with Gasteiger partial charge >= 0.3 is 0 Å². The summed E-state index contributed by atoms with van der Waals surface area (Å²) >= 11 is 1.29. The van der Waals surface area contributed by atoms with Gasteiger partial charge in [0.25, 0.3) is 0 Å². The van der Waals surface area contributed by atoms with Gasteiger partial charge in [0.1, 0.15) is 11.2 Å². The Morgan fingerprint density at radius 1 is 1.12 bits per heavy atom. The number of aryl methyl sites for hydroxylation is 3. The number of rotatable bonds is 9. The predicted octanol–water partition coefficient (Wildman–Crippen LogP) is 2.76. The van der Waals surface area contributed by atoms with Crippen LogP contribution in [-0.2, 0) is 20.9 Å². The van der Waals surface area contributed by atoms with E-state index in [1.807, 2.05) is 57.2 Å². The van der Waals surface area contributed by atoms with Crippen LogP contribution in [0.5, 0.6) is 5.75 Å². The van der Waals surface area contributed by atoms with Crippen molar-refractivity contribution in [1.82, 2.24) is 16.0 Å². The average molecular weight is 485 g/mol. The molecule has 0 radical (unpaired) electrons. The third-order valence-electron chi connectivity index (χ3n) is 5.49. The number of nitrogens with one attached hydrogen (secondary N) is 4. The lowest BCUT2D eigenvalue weighted by Gasteiger charge is -2.30. The van der Waals surface area contributed by atoms with Crippen molar-refractivity contribution in [3.63, 3.8) is 0 Å². The van der Waals surface area contributed by atoms with E-state index in [0.717, 1.165) is 33.7 Å². The van der Waals surface area contributed by atoms with Gasteiger partial charge in [-0.05, 0) is 49.6 Å². The maximum absolute atomic E-state index is 12.5. The number of benzene rings is 2. The van der Waals surface area contributed by atoms with Gasteiger partial charge in [0, 0.05) is 31.1 Å². The van der Waals surface area contributed by atoms with Crippen LogP contribution >= 0.6 is 11.8 Å². The minimum absolute atomic E-state index is 0.144. The summed E-state index contributed by atoms with van der Waals surface area (Å²) in [4.78, 5) is 37.1. The molecular weight excluding hydrogens is 452 g/mol. The van der Waals surface area contributed by atoms with Crippen molar-refractivity contribution < 1.29 is 19.1 Å². The van der Waals surface area contributed by atoms with Crippen LogP contribution in [-0.4, -0.2) is 42.1 Å². The minimum atomic E-state index is -0.441. The number of methoxy groups -OCH3 is 1. The zero-order valence-electron chi connectivity index (χ0n) is 20.0. The number of thioether (sulfide) groups is 1. The molecule has 34 heavy (non-hydrogen) atoms. The summed E-state index contributed by atoms with van der Waals surface area (Å²) < 4.78 is 5.20. The first kappa shape index (κ1) is 25.6. The van der Waals surface area contributed by atoms with Crippen LogP contribution in [0, 0.1) is 20.8 Å². The van der Waals surface area contributed by atoms with Gasteiger partial charge in [-0.3, -0.25) is 19.7 Å². The number of hydrogen-bond donors (Lipinski definition) is 4. The lowest BCUT2D eigenvalue weighted by molar-refractivity contribution is -0.125. The summed E-state index contributed by atoms with van der Waals surface area (Å²) in [6.07, 6.45) is 0.375. The van der Waals surface area contributed by atoms with Crippen molar-refractivity contribution in [2.45, 2.75) is 51.7 Å². The van der Waals surface area contributed by atoms with Crippen LogP contribution in [0.3, 0.4) is 0 Å². The van der Waals surface area contributed by atoms with Crippen molar-refractivity contribution in [3.8, 4) is 5.75 Å². The van der Waals surface area contributed by atoms with E-state index in [1.165, 1.54) is 11.8 Å². The molecule has 3 rings (SSSR count). The third-order valence-corrected chi connectivity index (χ3v) is 6.51. The lowest BCUT2D eigenvalue weighted by atomic mass is 10.1. The summed E-state index contributed by atoms with van der Waals surface area (Å²) in [6, 6.07) is 11.2. The van der Waals surface area contributed by atoms with Gasteiger partial charge in [-0.1, -0.05) is 29.8 Å². The highest BCUT2D eigenvalue weighted by Gasteiger charge is 2.28. The van der Waals surface area contributed by atoms with Crippen molar-refractivity contribution in [2.24, 2.45) is 0 Å². The number of hydrogen-bond acceptors (Lipinski definition) is 6. The smallest absolute Gasteiger partial charge is 0.234 e. The summed E-state index contributed by atoms with van der Waals surface area (Å²) in [5, 5.41) is 11.9. The fourth-order valence-electron chi connectivity index (χ4n) is 3.96. The Balaban J connectivity index is 1.46. The molecule has 8 nitrogen and oxygen atoms in total. The lowest BCUT2D eigenvalue weighted by Crippen LogP contribution is -2.56. The van der Waals surface area contributed by atoms with E-state index in [-0.39, 0.29) is 42.4 Å². The largest absolute Gasteiger partial charge is 0.497 e. The highest BCUT2D eigenvalue weighted by Crippen LogP contribution is 2.22. The molecule has 0 aromatic heterocycles. The molecular formula is C25H32N4O4S. The Kier molecular flexibility index (Phi) is 8.95. The molecule has 0 bridgehead atoms. The van der Waals surface area contributed by atoms with Gasteiger partial charge in [0.05, 0.1) is 12.9 Å². The van der Waals surface area contributed by atoms with Crippen molar-refractivity contribution in [3.05, 3.63) is 58.7 Å². The molecule has 1 saturated heterocycles. The van der Waals surface area contributed by atoms with E-state index < -0.39 is 5.50 Å². The first-order valence-electron chi connectivity index (χ1n) is 11.2. The van der Waals surface area contributed by atoms with Crippen LogP contribution in [0.4, 0.5) is 5.69 Å². The van der Waals surface area contributed by atoms with E-state index >= 15 is 0 Å². The highest BCUT2D eigenvalue weighted by atomic mass is 32.2. The molecule has 0 saturated carbocycles. The van der Waals surface area contributed by atoms with Crippen LogP contribution in [0.1, 0.15) is 35.1 Å². The Morgan fingerprint density at radius 3 is 2.56 bits per heavy atom. The van der Waals surface area contributed by atoms with E-state index in [4.69, 9.17) is 4.74 Å². The summed E-state index contributed by atoms with van der Waals surface area (Å²) in [5.74, 6) is 0.456. The number of carbonyl (C=O) groups excluding carboxylic acids is 3. The molecule has 9 heteroatoms. The van der Waals surface area contributed by atoms with Crippen molar-refractivity contribution in [1.29, 1.82) is 0 Å². The fourth-order valence-corrected chi connectivity index (χ4v) is 4.85. The van der Waals surface area contributed by atoms with Crippen LogP contribution < -0.4 is 26.0 Å². The number of amides is 3. The van der Waals surface area contributed by atoms with Crippen LogP contribution in [0.2, 0.25) is 0 Å². The summed E-state index contributed by atoms with van der Waals surface area (Å²) in [5.41, 5.74) is 4.49. The molecule has 3 amide bonds. The molecule has 2 aromatic carbocycles. The van der Waals surface area contributed by atoms with E-state index in [0.29, 0.717) is 6.54 Å². The van der Waals surface area contributed by atoms with Gasteiger partial charge < -0.3 is 20.7 Å². The molecule has 2 aromatic rings. The first-order chi connectivity index (χ1) is 16.2. The fraction of sp³-hybridized carbons (Fsp3) is 0.400. The Hall–Kier alpha value is -3.04. The molecule has 1 fully saturated rings. The molecule has 182 valence electrons. The number of anilines is 1. The zero-order chi connectivity index (χ0) is 24.7. The monoisotopic (exact) mass is 484 g/mol. The molecule has 2 atom stereocenters. The predicted molar refractivity (Wildman–Crippen MR) is 135 cm³/mol.